The molecule has 0 aliphatic heterocycles. The van der Waals surface area contributed by atoms with Crippen molar-refractivity contribution >= 4 is 18.9 Å². The molecule has 0 heterocycles. The molecule has 0 aliphatic carbocycles. The summed E-state index contributed by atoms with van der Waals surface area (Å²) in [5.74, 6) is 0.823. The fourth-order valence-corrected chi connectivity index (χ4v) is 7.87. The van der Waals surface area contributed by atoms with Gasteiger partial charge in [-0.1, -0.05) is 78.9 Å². The summed E-state index contributed by atoms with van der Waals surface area (Å²) >= 11 is 0. The molecule has 37 heavy (non-hydrogen) atoms. The smallest absolute Gasteiger partial charge is 0.408 e. The number of aliphatic hydroxyl groups excluding tert-OH is 1. The fraction of sp³-hybridized carbons (Fsp3) is 0.355. The van der Waals surface area contributed by atoms with E-state index >= 15 is 0 Å². The van der Waals surface area contributed by atoms with E-state index in [9.17, 15) is 5.11 Å². The van der Waals surface area contributed by atoms with E-state index in [-0.39, 0.29) is 12.7 Å². The van der Waals surface area contributed by atoms with Crippen LogP contribution in [0.1, 0.15) is 39.7 Å². The molecule has 5 nitrogen and oxygen atoms in total. The van der Waals surface area contributed by atoms with Gasteiger partial charge in [0.1, 0.15) is 5.75 Å². The van der Waals surface area contributed by atoms with Crippen molar-refractivity contribution in [2.75, 3.05) is 20.3 Å². The maximum absolute atomic E-state index is 9.67. The zero-order valence-electron chi connectivity index (χ0n) is 22.6. The molecule has 0 saturated heterocycles. The van der Waals surface area contributed by atoms with E-state index in [1.807, 2.05) is 67.6 Å². The number of methoxy groups -OCH3 is 1. The van der Waals surface area contributed by atoms with Crippen LogP contribution in [-0.4, -0.2) is 45.7 Å². The van der Waals surface area contributed by atoms with Gasteiger partial charge in [0.25, 0.3) is 0 Å². The predicted octanol–water partition coefficient (Wildman–Crippen LogP) is 5.00. The van der Waals surface area contributed by atoms with Gasteiger partial charge in [0.05, 0.1) is 32.0 Å². The first kappa shape index (κ1) is 28.8. The van der Waals surface area contributed by atoms with Gasteiger partial charge in [0, 0.05) is 6.61 Å². The highest BCUT2D eigenvalue weighted by atomic mass is 28.4. The molecule has 0 spiro atoms. The normalized spacial score (nSPS) is 13.4. The summed E-state index contributed by atoms with van der Waals surface area (Å²) in [6, 6.07) is 28.4. The molecule has 3 aromatic carbocycles. The maximum atomic E-state index is 9.67. The molecule has 198 valence electrons. The lowest BCUT2D eigenvalue weighted by molar-refractivity contribution is 0.0463. The van der Waals surface area contributed by atoms with Crippen LogP contribution in [0.4, 0.5) is 0 Å². The monoisotopic (exact) mass is 520 g/mol. The van der Waals surface area contributed by atoms with Crippen molar-refractivity contribution in [3.05, 3.63) is 102 Å². The van der Waals surface area contributed by atoms with E-state index in [0.29, 0.717) is 19.6 Å². The fourth-order valence-electron chi connectivity index (χ4n) is 4.15. The van der Waals surface area contributed by atoms with Crippen molar-refractivity contribution in [2.45, 2.75) is 52.4 Å². The van der Waals surface area contributed by atoms with Gasteiger partial charge in [-0.2, -0.15) is 0 Å². The lowest BCUT2D eigenvalue weighted by Gasteiger charge is -2.40. The van der Waals surface area contributed by atoms with E-state index in [0.717, 1.165) is 27.3 Å². The Morgan fingerprint density at radius 1 is 0.892 bits per heavy atom. The molecule has 0 aliphatic rings. The van der Waals surface area contributed by atoms with Gasteiger partial charge in [-0.05, 0) is 67.8 Å². The van der Waals surface area contributed by atoms with E-state index in [1.54, 1.807) is 13.2 Å². The van der Waals surface area contributed by atoms with Crippen LogP contribution in [0.2, 0.25) is 0 Å². The Balaban J connectivity index is 1.90. The number of aliphatic hydroxyl groups is 1. The molecule has 0 aromatic heterocycles. The van der Waals surface area contributed by atoms with E-state index < -0.39 is 14.2 Å². The average molecular weight is 521 g/mol. The van der Waals surface area contributed by atoms with Crippen molar-refractivity contribution < 1.29 is 23.4 Å². The third-order valence-corrected chi connectivity index (χ3v) is 9.64. The van der Waals surface area contributed by atoms with Crippen molar-refractivity contribution in [3.8, 4) is 5.75 Å². The molecule has 0 unspecified atom stereocenters. The van der Waals surface area contributed by atoms with Crippen LogP contribution in [-0.2, 0) is 20.2 Å². The summed E-state index contributed by atoms with van der Waals surface area (Å²) in [5.41, 5.74) is 1.59. The predicted molar refractivity (Wildman–Crippen MR) is 152 cm³/mol. The molecule has 0 radical (unpaired) electrons. The lowest BCUT2D eigenvalue weighted by Crippen LogP contribution is -2.67. The molecule has 3 aromatic rings. The minimum atomic E-state index is -3.16. The van der Waals surface area contributed by atoms with Gasteiger partial charge in [-0.15, -0.1) is 0 Å². The Hall–Kier alpha value is -2.74. The van der Waals surface area contributed by atoms with Crippen molar-refractivity contribution in [1.82, 2.24) is 0 Å². The Labute approximate surface area is 222 Å². The van der Waals surface area contributed by atoms with E-state index in [4.69, 9.17) is 18.3 Å². The van der Waals surface area contributed by atoms with Gasteiger partial charge in [-0.25, -0.2) is 0 Å². The highest BCUT2D eigenvalue weighted by Gasteiger charge is 2.47. The zero-order valence-corrected chi connectivity index (χ0v) is 23.6. The van der Waals surface area contributed by atoms with Gasteiger partial charge in [0.15, 0.2) is 0 Å². The molecule has 0 saturated carbocycles. The summed E-state index contributed by atoms with van der Waals surface area (Å²) in [6.07, 6.45) is 2.14. The first-order valence-electron chi connectivity index (χ1n) is 12.7. The summed E-state index contributed by atoms with van der Waals surface area (Å²) in [4.78, 5) is 0. The Bertz CT molecular complexity index is 1050. The van der Waals surface area contributed by atoms with Crippen LogP contribution < -0.4 is 15.1 Å². The number of ether oxygens (including phenoxy) is 2. The molecule has 0 fully saturated rings. The molecule has 1 N–H and O–H groups in total. The number of rotatable bonds is 13. The third kappa shape index (κ3) is 8.38. The first-order valence-corrected chi connectivity index (χ1v) is 14.6. The summed E-state index contributed by atoms with van der Waals surface area (Å²) in [5, 5.41) is 11.8. The van der Waals surface area contributed by atoms with Gasteiger partial charge < -0.3 is 23.4 Å². The van der Waals surface area contributed by atoms with Crippen LogP contribution in [0.15, 0.2) is 96.6 Å². The number of hydrogen-bond acceptors (Lipinski definition) is 5. The summed E-state index contributed by atoms with van der Waals surface area (Å²) in [6.45, 7) is 9.13. The summed E-state index contributed by atoms with van der Waals surface area (Å²) in [7, 11) is -1.51. The standard InChI is InChI=1S/C31H40O5Si/c1-25(20-22-32)30(21-23-34-24-26-16-18-27(33-5)19-17-26)35-37(36-31(2,3)4,28-12-8-6-9-13-28)29-14-10-7-11-15-29/h6-20,30,32H,21-24H2,1-5H3/b25-20+/t30-/m0/s1. The Morgan fingerprint density at radius 3 is 1.95 bits per heavy atom. The van der Waals surface area contributed by atoms with Crippen molar-refractivity contribution in [1.29, 1.82) is 0 Å². The van der Waals surface area contributed by atoms with Crippen LogP contribution >= 0.6 is 0 Å². The molecular weight excluding hydrogens is 480 g/mol. The maximum Gasteiger partial charge on any atom is 0.408 e. The number of benzene rings is 3. The Morgan fingerprint density at radius 2 is 1.46 bits per heavy atom. The second-order valence-corrected chi connectivity index (χ2v) is 12.8. The SMILES string of the molecule is COc1ccc(COCC[C@H](O[Si](OC(C)(C)C)(c2ccccc2)c2ccccc2)/C(C)=C/CO)cc1. The summed E-state index contributed by atoms with van der Waals surface area (Å²) < 4.78 is 25.3. The first-order chi connectivity index (χ1) is 17.8. The highest BCUT2D eigenvalue weighted by Crippen LogP contribution is 2.24. The Kier molecular flexibility index (Phi) is 10.7. The second-order valence-electron chi connectivity index (χ2n) is 9.99. The van der Waals surface area contributed by atoms with Crippen LogP contribution in [0.5, 0.6) is 5.75 Å². The molecule has 3 rings (SSSR count). The zero-order chi connectivity index (χ0) is 26.7. The average Bonchev–Trinajstić information content (AvgIpc) is 2.90. The van der Waals surface area contributed by atoms with Crippen LogP contribution in [0.25, 0.3) is 0 Å². The topological polar surface area (TPSA) is 57.2 Å². The van der Waals surface area contributed by atoms with Crippen LogP contribution in [0, 0.1) is 0 Å². The third-order valence-electron chi connectivity index (χ3n) is 5.94. The quantitative estimate of drug-likeness (QED) is 0.195. The lowest BCUT2D eigenvalue weighted by atomic mass is 10.1. The largest absolute Gasteiger partial charge is 0.497 e. The van der Waals surface area contributed by atoms with Crippen molar-refractivity contribution in [3.63, 3.8) is 0 Å². The highest BCUT2D eigenvalue weighted by molar-refractivity contribution is 6.92. The van der Waals surface area contributed by atoms with Gasteiger partial charge >= 0.3 is 8.56 Å². The molecule has 0 bridgehead atoms. The molecular formula is C31H40O5Si. The van der Waals surface area contributed by atoms with E-state index in [1.165, 1.54) is 0 Å². The minimum Gasteiger partial charge on any atom is -0.497 e. The second kappa shape index (κ2) is 13.7. The molecule has 6 heteroatoms. The molecule has 1 atom stereocenters. The van der Waals surface area contributed by atoms with E-state index in [2.05, 4.69) is 45.0 Å². The molecule has 0 amide bonds. The van der Waals surface area contributed by atoms with Gasteiger partial charge in [0.2, 0.25) is 0 Å². The van der Waals surface area contributed by atoms with Crippen LogP contribution in [0.3, 0.4) is 0 Å². The van der Waals surface area contributed by atoms with Crippen molar-refractivity contribution in [2.24, 2.45) is 0 Å². The van der Waals surface area contributed by atoms with Gasteiger partial charge in [-0.3, -0.25) is 0 Å². The minimum absolute atomic E-state index is 0.0518. The number of hydrogen-bond donors (Lipinski definition) is 1.